The van der Waals surface area contributed by atoms with Crippen molar-refractivity contribution in [1.82, 2.24) is 4.90 Å². The number of hydrogen-bond donors (Lipinski definition) is 1. The van der Waals surface area contributed by atoms with E-state index >= 15 is 0 Å². The van der Waals surface area contributed by atoms with E-state index in [1.807, 2.05) is 25.2 Å². The van der Waals surface area contributed by atoms with Gasteiger partial charge >= 0.3 is 0 Å². The van der Waals surface area contributed by atoms with Gasteiger partial charge in [0.05, 0.1) is 18.6 Å². The van der Waals surface area contributed by atoms with E-state index in [1.54, 1.807) is 18.6 Å². The standard InChI is InChI=1S/C15H17BrClNO2/c1-18(9-11-5-7-20-10-11)6-4-15(19)13-3-2-12(16)8-14(13)17/h2-3,5,7-8,10,15,19H,4,6,9H2,1H3. The number of aliphatic hydroxyl groups excluding tert-OH is 1. The monoisotopic (exact) mass is 357 g/mol. The molecule has 0 fully saturated rings. The summed E-state index contributed by atoms with van der Waals surface area (Å²) in [5.74, 6) is 0. The molecular formula is C15H17BrClNO2. The summed E-state index contributed by atoms with van der Waals surface area (Å²) in [6, 6.07) is 7.49. The van der Waals surface area contributed by atoms with Gasteiger partial charge in [0.1, 0.15) is 0 Å². The lowest BCUT2D eigenvalue weighted by atomic mass is 10.1. The average molecular weight is 359 g/mol. The molecule has 108 valence electrons. The second kappa shape index (κ2) is 7.27. The number of furan rings is 1. The molecule has 1 atom stereocenters. The fourth-order valence-corrected chi connectivity index (χ4v) is 2.84. The van der Waals surface area contributed by atoms with Crippen LogP contribution in [0.3, 0.4) is 0 Å². The molecule has 0 saturated carbocycles. The summed E-state index contributed by atoms with van der Waals surface area (Å²) in [5.41, 5.74) is 1.90. The molecule has 0 spiro atoms. The summed E-state index contributed by atoms with van der Waals surface area (Å²) >= 11 is 9.50. The number of benzene rings is 1. The molecular weight excluding hydrogens is 342 g/mol. The van der Waals surface area contributed by atoms with Gasteiger partial charge in [0.15, 0.2) is 0 Å². The lowest BCUT2D eigenvalue weighted by molar-refractivity contribution is 0.147. The first-order chi connectivity index (χ1) is 9.56. The number of halogens is 2. The van der Waals surface area contributed by atoms with Crippen molar-refractivity contribution in [3.8, 4) is 0 Å². The third-order valence-corrected chi connectivity index (χ3v) is 3.96. The van der Waals surface area contributed by atoms with Crippen molar-refractivity contribution in [2.45, 2.75) is 19.1 Å². The predicted molar refractivity (Wildman–Crippen MR) is 83.8 cm³/mol. The van der Waals surface area contributed by atoms with Crippen molar-refractivity contribution in [1.29, 1.82) is 0 Å². The minimum Gasteiger partial charge on any atom is -0.472 e. The van der Waals surface area contributed by atoms with E-state index in [1.165, 1.54) is 0 Å². The smallest absolute Gasteiger partial charge is 0.0947 e. The van der Waals surface area contributed by atoms with Gasteiger partial charge in [-0.3, -0.25) is 0 Å². The molecule has 3 nitrogen and oxygen atoms in total. The van der Waals surface area contributed by atoms with Gasteiger partial charge in [0.2, 0.25) is 0 Å². The van der Waals surface area contributed by atoms with E-state index in [0.717, 1.165) is 28.7 Å². The Bertz CT molecular complexity index is 545. The minimum absolute atomic E-state index is 0.553. The first-order valence-electron chi connectivity index (χ1n) is 6.39. The Morgan fingerprint density at radius 3 is 2.85 bits per heavy atom. The molecule has 0 radical (unpaired) electrons. The average Bonchev–Trinajstić information content (AvgIpc) is 2.89. The first-order valence-corrected chi connectivity index (χ1v) is 7.56. The summed E-state index contributed by atoms with van der Waals surface area (Å²) in [4.78, 5) is 2.14. The quantitative estimate of drug-likeness (QED) is 0.838. The normalized spacial score (nSPS) is 12.8. The Balaban J connectivity index is 1.86. The summed E-state index contributed by atoms with van der Waals surface area (Å²) in [6.07, 6.45) is 3.48. The van der Waals surface area contributed by atoms with Crippen molar-refractivity contribution in [3.63, 3.8) is 0 Å². The molecule has 2 aromatic rings. The molecule has 2 rings (SSSR count). The predicted octanol–water partition coefficient (Wildman–Crippen LogP) is 4.25. The topological polar surface area (TPSA) is 36.6 Å². The Morgan fingerprint density at radius 2 is 2.20 bits per heavy atom. The molecule has 0 aliphatic rings. The van der Waals surface area contributed by atoms with Crippen molar-refractivity contribution >= 4 is 27.5 Å². The van der Waals surface area contributed by atoms with Gasteiger partial charge in [-0.1, -0.05) is 33.6 Å². The van der Waals surface area contributed by atoms with Crippen LogP contribution in [-0.4, -0.2) is 23.6 Å². The van der Waals surface area contributed by atoms with Crippen LogP contribution in [-0.2, 0) is 6.54 Å². The van der Waals surface area contributed by atoms with Crippen molar-refractivity contribution < 1.29 is 9.52 Å². The molecule has 1 aromatic carbocycles. The Labute approximate surface area is 132 Å². The van der Waals surface area contributed by atoms with Gasteiger partial charge in [-0.25, -0.2) is 0 Å². The molecule has 1 heterocycles. The number of rotatable bonds is 6. The highest BCUT2D eigenvalue weighted by Crippen LogP contribution is 2.28. The molecule has 5 heteroatoms. The fraction of sp³-hybridized carbons (Fsp3) is 0.333. The molecule has 0 bridgehead atoms. The van der Waals surface area contributed by atoms with Crippen molar-refractivity contribution in [2.75, 3.05) is 13.6 Å². The van der Waals surface area contributed by atoms with E-state index in [2.05, 4.69) is 20.8 Å². The molecule has 1 aromatic heterocycles. The lowest BCUT2D eigenvalue weighted by Crippen LogP contribution is -2.20. The zero-order valence-corrected chi connectivity index (χ0v) is 13.6. The van der Waals surface area contributed by atoms with Gasteiger partial charge in [-0.05, 0) is 37.2 Å². The summed E-state index contributed by atoms with van der Waals surface area (Å²) in [7, 11) is 2.02. The highest BCUT2D eigenvalue weighted by atomic mass is 79.9. The van der Waals surface area contributed by atoms with E-state index in [9.17, 15) is 5.11 Å². The fourth-order valence-electron chi connectivity index (χ4n) is 2.04. The number of aliphatic hydroxyl groups is 1. The van der Waals surface area contributed by atoms with Crippen molar-refractivity contribution in [3.05, 3.63) is 57.4 Å². The third kappa shape index (κ3) is 4.35. The first kappa shape index (κ1) is 15.6. The molecule has 20 heavy (non-hydrogen) atoms. The summed E-state index contributed by atoms with van der Waals surface area (Å²) < 4.78 is 5.95. The zero-order chi connectivity index (χ0) is 14.5. The second-order valence-electron chi connectivity index (χ2n) is 4.84. The lowest BCUT2D eigenvalue weighted by Gasteiger charge is -2.19. The Morgan fingerprint density at radius 1 is 1.40 bits per heavy atom. The van der Waals surface area contributed by atoms with Gasteiger partial charge in [0.25, 0.3) is 0 Å². The molecule has 1 unspecified atom stereocenters. The highest BCUT2D eigenvalue weighted by Gasteiger charge is 2.13. The van der Waals surface area contributed by atoms with Gasteiger partial charge < -0.3 is 14.4 Å². The van der Waals surface area contributed by atoms with Crippen LogP contribution in [0, 0.1) is 0 Å². The molecule has 0 aliphatic carbocycles. The molecule has 1 N–H and O–H groups in total. The maximum absolute atomic E-state index is 10.2. The Kier molecular flexibility index (Phi) is 5.66. The zero-order valence-electron chi connectivity index (χ0n) is 11.2. The third-order valence-electron chi connectivity index (χ3n) is 3.14. The SMILES string of the molecule is CN(CCC(O)c1ccc(Br)cc1Cl)Cc1ccoc1. The summed E-state index contributed by atoms with van der Waals surface area (Å²) in [6.45, 7) is 1.58. The molecule has 0 saturated heterocycles. The molecule has 0 aliphatic heterocycles. The number of hydrogen-bond acceptors (Lipinski definition) is 3. The van der Waals surface area contributed by atoms with Crippen LogP contribution in [0.1, 0.15) is 23.7 Å². The second-order valence-corrected chi connectivity index (χ2v) is 6.16. The largest absolute Gasteiger partial charge is 0.472 e. The van der Waals surface area contributed by atoms with Gasteiger partial charge in [-0.2, -0.15) is 0 Å². The Hall–Kier alpha value is -0.810. The van der Waals surface area contributed by atoms with Crippen LogP contribution in [0.2, 0.25) is 5.02 Å². The van der Waals surface area contributed by atoms with Crippen LogP contribution < -0.4 is 0 Å². The van der Waals surface area contributed by atoms with Crippen LogP contribution in [0.15, 0.2) is 45.7 Å². The van der Waals surface area contributed by atoms with Crippen LogP contribution >= 0.6 is 27.5 Å². The number of nitrogens with zero attached hydrogens (tertiary/aromatic N) is 1. The summed E-state index contributed by atoms with van der Waals surface area (Å²) in [5, 5.41) is 10.8. The maximum Gasteiger partial charge on any atom is 0.0947 e. The van der Waals surface area contributed by atoms with Gasteiger partial charge in [0, 0.05) is 28.1 Å². The van der Waals surface area contributed by atoms with E-state index in [4.69, 9.17) is 16.0 Å². The van der Waals surface area contributed by atoms with E-state index in [-0.39, 0.29) is 0 Å². The van der Waals surface area contributed by atoms with Crippen LogP contribution in [0.4, 0.5) is 0 Å². The van der Waals surface area contributed by atoms with Crippen molar-refractivity contribution in [2.24, 2.45) is 0 Å². The van der Waals surface area contributed by atoms with E-state index < -0.39 is 6.10 Å². The van der Waals surface area contributed by atoms with Crippen LogP contribution in [0.25, 0.3) is 0 Å². The molecule has 0 amide bonds. The van der Waals surface area contributed by atoms with Gasteiger partial charge in [-0.15, -0.1) is 0 Å². The van der Waals surface area contributed by atoms with E-state index in [0.29, 0.717) is 11.4 Å². The highest BCUT2D eigenvalue weighted by molar-refractivity contribution is 9.10. The maximum atomic E-state index is 10.2. The van der Waals surface area contributed by atoms with Crippen LogP contribution in [0.5, 0.6) is 0 Å². The minimum atomic E-state index is -0.553.